The molecule has 4 heteroatoms. The van der Waals surface area contributed by atoms with Gasteiger partial charge in [0.15, 0.2) is 5.82 Å². The molecule has 11 aromatic rings. The van der Waals surface area contributed by atoms with E-state index in [-0.39, 0.29) is 0 Å². The standard InChI is InChI=1S/C54H35N3O/c1-3-11-36(12-4-1)38-19-26-44(27-20-38)57(45-28-21-39(22-29-45)37-13-5-2-6-14-37)46-30-23-40(24-31-46)54-55-50-18-10-9-17-48(50)53(56-54)43-25-32-47-49-33-41-15-7-8-16-42(41)34-52(49)58-51(47)35-43/h1-35H. The van der Waals surface area contributed by atoms with Gasteiger partial charge in [0.05, 0.1) is 11.2 Å². The van der Waals surface area contributed by atoms with Crippen molar-refractivity contribution in [2.24, 2.45) is 0 Å². The number of nitrogens with zero attached hydrogens (tertiary/aromatic N) is 3. The molecule has 2 aromatic heterocycles. The van der Waals surface area contributed by atoms with Crippen molar-refractivity contribution in [1.82, 2.24) is 9.97 Å². The van der Waals surface area contributed by atoms with Gasteiger partial charge in [-0.1, -0.05) is 133 Å². The minimum atomic E-state index is 0.669. The van der Waals surface area contributed by atoms with E-state index in [1.165, 1.54) is 27.6 Å². The summed E-state index contributed by atoms with van der Waals surface area (Å²) in [6.45, 7) is 0. The Labute approximate surface area is 335 Å². The molecule has 2 heterocycles. The summed E-state index contributed by atoms with van der Waals surface area (Å²) < 4.78 is 6.47. The minimum absolute atomic E-state index is 0.669. The first-order valence-electron chi connectivity index (χ1n) is 19.6. The Morgan fingerprint density at radius 3 is 1.43 bits per heavy atom. The van der Waals surface area contributed by atoms with Crippen LogP contribution in [0.1, 0.15) is 0 Å². The third-order valence-corrected chi connectivity index (χ3v) is 11.1. The van der Waals surface area contributed by atoms with Crippen LogP contribution >= 0.6 is 0 Å². The van der Waals surface area contributed by atoms with E-state index in [2.05, 4.69) is 205 Å². The Morgan fingerprint density at radius 1 is 0.328 bits per heavy atom. The van der Waals surface area contributed by atoms with Crippen LogP contribution in [0.25, 0.3) is 88.5 Å². The lowest BCUT2D eigenvalue weighted by molar-refractivity contribution is 0.669. The van der Waals surface area contributed by atoms with Crippen molar-refractivity contribution in [2.45, 2.75) is 0 Å². The molecule has 4 nitrogen and oxygen atoms in total. The average Bonchev–Trinajstić information content (AvgIpc) is 3.65. The van der Waals surface area contributed by atoms with Gasteiger partial charge in [-0.15, -0.1) is 0 Å². The molecule has 0 aliphatic rings. The highest BCUT2D eigenvalue weighted by molar-refractivity contribution is 6.11. The van der Waals surface area contributed by atoms with Gasteiger partial charge in [0.2, 0.25) is 0 Å². The normalized spacial score (nSPS) is 11.4. The summed E-state index contributed by atoms with van der Waals surface area (Å²) >= 11 is 0. The maximum atomic E-state index is 6.47. The zero-order valence-corrected chi connectivity index (χ0v) is 31.5. The van der Waals surface area contributed by atoms with E-state index in [0.29, 0.717) is 5.82 Å². The Balaban J connectivity index is 0.979. The van der Waals surface area contributed by atoms with Crippen molar-refractivity contribution in [3.05, 3.63) is 212 Å². The molecular weight excluding hydrogens is 707 g/mol. The summed E-state index contributed by atoms with van der Waals surface area (Å²) in [6, 6.07) is 74.5. The summed E-state index contributed by atoms with van der Waals surface area (Å²) in [4.78, 5) is 12.6. The van der Waals surface area contributed by atoms with Crippen molar-refractivity contribution in [3.63, 3.8) is 0 Å². The van der Waals surface area contributed by atoms with Gasteiger partial charge in [0, 0.05) is 44.3 Å². The number of furan rings is 1. The second kappa shape index (κ2) is 14.0. The van der Waals surface area contributed by atoms with Gasteiger partial charge >= 0.3 is 0 Å². The number of para-hydroxylation sites is 1. The molecule has 0 bridgehead atoms. The average molecular weight is 742 g/mol. The summed E-state index contributed by atoms with van der Waals surface area (Å²) in [7, 11) is 0. The van der Waals surface area contributed by atoms with Crippen LogP contribution in [0.4, 0.5) is 17.1 Å². The van der Waals surface area contributed by atoms with Crippen LogP contribution < -0.4 is 4.90 Å². The number of hydrogen-bond donors (Lipinski definition) is 0. The highest BCUT2D eigenvalue weighted by Crippen LogP contribution is 2.39. The van der Waals surface area contributed by atoms with Gasteiger partial charge in [-0.05, 0) is 112 Å². The van der Waals surface area contributed by atoms with Gasteiger partial charge in [0.25, 0.3) is 0 Å². The fraction of sp³-hybridized carbons (Fsp3) is 0. The van der Waals surface area contributed by atoms with E-state index in [1.807, 2.05) is 12.1 Å². The lowest BCUT2D eigenvalue weighted by Gasteiger charge is -2.26. The zero-order valence-electron chi connectivity index (χ0n) is 31.5. The van der Waals surface area contributed by atoms with Crippen LogP contribution in [0.5, 0.6) is 0 Å². The van der Waals surface area contributed by atoms with Crippen LogP contribution in [-0.4, -0.2) is 9.97 Å². The van der Waals surface area contributed by atoms with Crippen molar-refractivity contribution >= 4 is 60.7 Å². The van der Waals surface area contributed by atoms with Gasteiger partial charge < -0.3 is 9.32 Å². The van der Waals surface area contributed by atoms with Crippen LogP contribution in [0.2, 0.25) is 0 Å². The maximum Gasteiger partial charge on any atom is 0.160 e. The first kappa shape index (κ1) is 33.5. The van der Waals surface area contributed by atoms with Crippen LogP contribution in [0, 0.1) is 0 Å². The SMILES string of the molecule is c1ccc(-c2ccc(N(c3ccc(-c4ccccc4)cc3)c3ccc(-c4nc(-c5ccc6c(c5)oc5cc7ccccc7cc56)c5ccccc5n4)cc3)cc2)cc1. The number of rotatable bonds is 7. The molecule has 9 aromatic carbocycles. The molecule has 0 aliphatic heterocycles. The molecule has 11 rings (SSSR count). The van der Waals surface area contributed by atoms with Gasteiger partial charge in [-0.2, -0.15) is 0 Å². The molecule has 0 N–H and O–H groups in total. The van der Waals surface area contributed by atoms with Crippen LogP contribution in [0.15, 0.2) is 217 Å². The molecule has 0 unspecified atom stereocenters. The first-order chi connectivity index (χ1) is 28.7. The Kier molecular flexibility index (Phi) is 8.11. The summed E-state index contributed by atoms with van der Waals surface area (Å²) in [5, 5.41) is 5.56. The molecule has 0 saturated carbocycles. The Bertz CT molecular complexity index is 3160. The van der Waals surface area contributed by atoms with Gasteiger partial charge in [-0.25, -0.2) is 9.97 Å². The fourth-order valence-electron chi connectivity index (χ4n) is 8.11. The van der Waals surface area contributed by atoms with Gasteiger partial charge in [-0.3, -0.25) is 0 Å². The molecule has 272 valence electrons. The number of aromatic nitrogens is 2. The molecular formula is C54H35N3O. The smallest absolute Gasteiger partial charge is 0.160 e. The summed E-state index contributed by atoms with van der Waals surface area (Å²) in [5.74, 6) is 0.669. The predicted octanol–water partition coefficient (Wildman–Crippen LogP) is 14.8. The summed E-state index contributed by atoms with van der Waals surface area (Å²) in [5.41, 5.74) is 13.3. The third-order valence-electron chi connectivity index (χ3n) is 11.1. The van der Waals surface area contributed by atoms with Crippen molar-refractivity contribution in [2.75, 3.05) is 4.90 Å². The molecule has 0 spiro atoms. The topological polar surface area (TPSA) is 42.2 Å². The number of benzene rings is 9. The van der Waals surface area contributed by atoms with E-state index in [0.717, 1.165) is 72.1 Å². The second-order valence-electron chi connectivity index (χ2n) is 14.6. The molecule has 0 saturated heterocycles. The molecule has 0 amide bonds. The van der Waals surface area contributed by atoms with E-state index in [1.54, 1.807) is 0 Å². The van der Waals surface area contributed by atoms with Crippen LogP contribution in [-0.2, 0) is 0 Å². The van der Waals surface area contributed by atoms with Crippen molar-refractivity contribution in [3.8, 4) is 44.9 Å². The minimum Gasteiger partial charge on any atom is -0.456 e. The van der Waals surface area contributed by atoms with Crippen molar-refractivity contribution < 1.29 is 4.42 Å². The lowest BCUT2D eigenvalue weighted by atomic mass is 10.0. The number of fused-ring (bicyclic) bond motifs is 5. The molecule has 58 heavy (non-hydrogen) atoms. The van der Waals surface area contributed by atoms with Crippen LogP contribution in [0.3, 0.4) is 0 Å². The van der Waals surface area contributed by atoms with Gasteiger partial charge in [0.1, 0.15) is 11.2 Å². The maximum absolute atomic E-state index is 6.47. The van der Waals surface area contributed by atoms with E-state index < -0.39 is 0 Å². The Morgan fingerprint density at radius 2 is 0.810 bits per heavy atom. The van der Waals surface area contributed by atoms with E-state index in [4.69, 9.17) is 14.4 Å². The largest absolute Gasteiger partial charge is 0.456 e. The predicted molar refractivity (Wildman–Crippen MR) is 241 cm³/mol. The Hall–Kier alpha value is -7.82. The summed E-state index contributed by atoms with van der Waals surface area (Å²) in [6.07, 6.45) is 0. The second-order valence-corrected chi connectivity index (χ2v) is 14.6. The number of anilines is 3. The zero-order chi connectivity index (χ0) is 38.4. The molecule has 0 aliphatic carbocycles. The lowest BCUT2D eigenvalue weighted by Crippen LogP contribution is -2.09. The number of hydrogen-bond acceptors (Lipinski definition) is 4. The monoisotopic (exact) mass is 741 g/mol. The highest BCUT2D eigenvalue weighted by Gasteiger charge is 2.17. The van der Waals surface area contributed by atoms with E-state index >= 15 is 0 Å². The first-order valence-corrected chi connectivity index (χ1v) is 19.6. The fourth-order valence-corrected chi connectivity index (χ4v) is 8.11. The third kappa shape index (κ3) is 6.05. The highest BCUT2D eigenvalue weighted by atomic mass is 16.3. The quantitative estimate of drug-likeness (QED) is 0.163. The molecule has 0 fully saturated rings. The van der Waals surface area contributed by atoms with Crippen molar-refractivity contribution in [1.29, 1.82) is 0 Å². The van der Waals surface area contributed by atoms with E-state index in [9.17, 15) is 0 Å². The molecule has 0 radical (unpaired) electrons. The molecule has 0 atom stereocenters.